The molecule has 4 rings (SSSR count). The molecule has 0 fully saturated rings. The number of phenolic OH excluding ortho intramolecular Hbond substituents is 1. The fourth-order valence-electron chi connectivity index (χ4n) is 4.03. The van der Waals surface area contributed by atoms with Crippen LogP contribution in [0.4, 0.5) is 0 Å². The summed E-state index contributed by atoms with van der Waals surface area (Å²) in [4.78, 5) is 6.77. The number of hydrogen-bond acceptors (Lipinski definition) is 6. The quantitative estimate of drug-likeness (QED) is 0.468. The Balaban J connectivity index is 1.79. The molecule has 1 aliphatic heterocycles. The maximum Gasteiger partial charge on any atom is 0.258 e. The Morgan fingerprint density at radius 3 is 2.58 bits per heavy atom. The van der Waals surface area contributed by atoms with Gasteiger partial charge in [-0.25, -0.2) is 0 Å². The van der Waals surface area contributed by atoms with E-state index in [4.69, 9.17) is 26.5 Å². The third-order valence-electron chi connectivity index (χ3n) is 5.86. The van der Waals surface area contributed by atoms with Crippen LogP contribution >= 0.6 is 12.2 Å². The predicted molar refractivity (Wildman–Crippen MR) is 132 cm³/mol. The summed E-state index contributed by atoms with van der Waals surface area (Å²) in [6.45, 7) is 7.00. The van der Waals surface area contributed by atoms with Crippen molar-refractivity contribution in [1.29, 1.82) is 0 Å². The van der Waals surface area contributed by atoms with E-state index in [1.807, 2.05) is 30.0 Å². The Labute approximate surface area is 199 Å². The van der Waals surface area contributed by atoms with Gasteiger partial charge in [0, 0.05) is 17.8 Å². The van der Waals surface area contributed by atoms with Gasteiger partial charge in [-0.15, -0.1) is 0 Å². The van der Waals surface area contributed by atoms with Crippen molar-refractivity contribution >= 4 is 22.9 Å². The number of ether oxygens (including phenoxy) is 1. The standard InChI is InChI=1S/C25H28N4O3S/c1-5-13-29-15(3)21(22(26-25(29)33)18-11-12-20(31-4)19(30)14-18)24-27-23(28-32-24)17-9-7-16(6-2)8-10-17/h7-12,14,22,30H,5-6,13H2,1-4H3,(H,26,33). The monoisotopic (exact) mass is 464 g/mol. The number of thiocarbonyl (C=S) groups is 1. The van der Waals surface area contributed by atoms with Gasteiger partial charge in [-0.1, -0.05) is 49.3 Å². The van der Waals surface area contributed by atoms with Crippen molar-refractivity contribution in [1.82, 2.24) is 20.4 Å². The number of phenols is 1. The summed E-state index contributed by atoms with van der Waals surface area (Å²) in [7, 11) is 1.52. The third kappa shape index (κ3) is 4.43. The fourth-order valence-corrected chi connectivity index (χ4v) is 4.37. The van der Waals surface area contributed by atoms with Crippen LogP contribution in [0.3, 0.4) is 0 Å². The van der Waals surface area contributed by atoms with Crippen LogP contribution in [0.25, 0.3) is 17.0 Å². The number of aromatic nitrogens is 2. The van der Waals surface area contributed by atoms with Crippen molar-refractivity contribution < 1.29 is 14.4 Å². The highest BCUT2D eigenvalue weighted by atomic mass is 32.1. The smallest absolute Gasteiger partial charge is 0.258 e. The zero-order valence-corrected chi connectivity index (χ0v) is 20.1. The average Bonchev–Trinajstić information content (AvgIpc) is 3.31. The molecule has 0 saturated carbocycles. The predicted octanol–water partition coefficient (Wildman–Crippen LogP) is 5.09. The molecule has 7 nitrogen and oxygen atoms in total. The molecule has 1 aromatic heterocycles. The first-order chi connectivity index (χ1) is 16.0. The first-order valence-corrected chi connectivity index (χ1v) is 11.5. The molecule has 1 unspecified atom stereocenters. The van der Waals surface area contributed by atoms with E-state index >= 15 is 0 Å². The maximum atomic E-state index is 10.4. The average molecular weight is 465 g/mol. The first-order valence-electron chi connectivity index (χ1n) is 11.1. The van der Waals surface area contributed by atoms with Crippen molar-refractivity contribution in [2.45, 2.75) is 39.7 Å². The molecule has 2 N–H and O–H groups in total. The zero-order valence-electron chi connectivity index (χ0n) is 19.3. The molecule has 0 amide bonds. The van der Waals surface area contributed by atoms with Gasteiger partial charge in [-0.05, 0) is 55.2 Å². The number of methoxy groups -OCH3 is 1. The maximum absolute atomic E-state index is 10.4. The molecule has 1 aliphatic rings. The van der Waals surface area contributed by atoms with Gasteiger partial charge >= 0.3 is 0 Å². The lowest BCUT2D eigenvalue weighted by Crippen LogP contribution is -2.46. The Kier molecular flexibility index (Phi) is 6.65. The van der Waals surface area contributed by atoms with Gasteiger partial charge in [0.15, 0.2) is 16.6 Å². The van der Waals surface area contributed by atoms with Crippen LogP contribution in [0.15, 0.2) is 52.7 Å². The summed E-state index contributed by atoms with van der Waals surface area (Å²) in [6, 6.07) is 13.1. The minimum Gasteiger partial charge on any atom is -0.504 e. The Morgan fingerprint density at radius 1 is 1.18 bits per heavy atom. The fraction of sp³-hybridized carbons (Fsp3) is 0.320. The topological polar surface area (TPSA) is 83.7 Å². The normalized spacial score (nSPS) is 16.2. The molecule has 0 radical (unpaired) electrons. The van der Waals surface area contributed by atoms with Crippen molar-refractivity contribution in [2.75, 3.05) is 13.7 Å². The van der Waals surface area contributed by atoms with Crippen molar-refractivity contribution in [2.24, 2.45) is 0 Å². The van der Waals surface area contributed by atoms with Crippen LogP contribution in [0.5, 0.6) is 11.5 Å². The molecular weight excluding hydrogens is 436 g/mol. The van der Waals surface area contributed by atoms with Crippen LogP contribution in [0.2, 0.25) is 0 Å². The summed E-state index contributed by atoms with van der Waals surface area (Å²) >= 11 is 5.66. The second kappa shape index (κ2) is 9.62. The molecular formula is C25H28N4O3S. The second-order valence-electron chi connectivity index (χ2n) is 7.94. The van der Waals surface area contributed by atoms with Gasteiger partial charge in [0.2, 0.25) is 5.82 Å². The van der Waals surface area contributed by atoms with Crippen LogP contribution in [-0.4, -0.2) is 38.9 Å². The molecule has 2 aromatic carbocycles. The van der Waals surface area contributed by atoms with E-state index in [1.54, 1.807) is 12.1 Å². The summed E-state index contributed by atoms with van der Waals surface area (Å²) in [5, 5.41) is 18.6. The highest BCUT2D eigenvalue weighted by Gasteiger charge is 2.34. The van der Waals surface area contributed by atoms with E-state index in [0.717, 1.165) is 41.8 Å². The van der Waals surface area contributed by atoms with Gasteiger partial charge in [0.05, 0.1) is 18.7 Å². The number of nitrogens with zero attached hydrogens (tertiary/aromatic N) is 3. The lowest BCUT2D eigenvalue weighted by molar-refractivity contribution is 0.372. The molecule has 0 bridgehead atoms. The van der Waals surface area contributed by atoms with Gasteiger partial charge in [0.1, 0.15) is 0 Å². The molecule has 0 spiro atoms. The Hall–Kier alpha value is -3.39. The molecule has 33 heavy (non-hydrogen) atoms. The molecule has 0 aliphatic carbocycles. The minimum atomic E-state index is -0.363. The Morgan fingerprint density at radius 2 is 1.94 bits per heavy atom. The molecule has 172 valence electrons. The van der Waals surface area contributed by atoms with E-state index in [-0.39, 0.29) is 11.8 Å². The lowest BCUT2D eigenvalue weighted by Gasteiger charge is -2.37. The van der Waals surface area contributed by atoms with Crippen molar-refractivity contribution in [3.63, 3.8) is 0 Å². The van der Waals surface area contributed by atoms with Gasteiger partial charge in [-0.3, -0.25) is 0 Å². The number of hydrogen-bond donors (Lipinski definition) is 2. The van der Waals surface area contributed by atoms with Crippen molar-refractivity contribution in [3.05, 3.63) is 65.2 Å². The number of rotatable bonds is 7. The van der Waals surface area contributed by atoms with E-state index in [2.05, 4.69) is 36.5 Å². The molecule has 3 aromatic rings. The number of aromatic hydroxyl groups is 1. The van der Waals surface area contributed by atoms with Crippen LogP contribution in [0, 0.1) is 0 Å². The third-order valence-corrected chi connectivity index (χ3v) is 6.19. The minimum absolute atomic E-state index is 0.0536. The lowest BCUT2D eigenvalue weighted by atomic mass is 9.94. The highest BCUT2D eigenvalue weighted by molar-refractivity contribution is 7.80. The molecule has 2 heterocycles. The Bertz CT molecular complexity index is 1190. The molecule has 1 atom stereocenters. The summed E-state index contributed by atoms with van der Waals surface area (Å²) in [6.07, 6.45) is 1.90. The molecule has 0 saturated heterocycles. The second-order valence-corrected chi connectivity index (χ2v) is 8.32. The summed E-state index contributed by atoms with van der Waals surface area (Å²) in [5.74, 6) is 1.40. The van der Waals surface area contributed by atoms with E-state index in [0.29, 0.717) is 22.6 Å². The van der Waals surface area contributed by atoms with Crippen LogP contribution in [0.1, 0.15) is 50.3 Å². The van der Waals surface area contributed by atoms with E-state index in [9.17, 15) is 5.11 Å². The zero-order chi connectivity index (χ0) is 23.5. The van der Waals surface area contributed by atoms with Gasteiger partial charge < -0.3 is 24.6 Å². The molecule has 8 heteroatoms. The van der Waals surface area contributed by atoms with Gasteiger partial charge in [0.25, 0.3) is 5.89 Å². The van der Waals surface area contributed by atoms with Gasteiger partial charge in [-0.2, -0.15) is 4.98 Å². The van der Waals surface area contributed by atoms with E-state index in [1.165, 1.54) is 12.7 Å². The summed E-state index contributed by atoms with van der Waals surface area (Å²) < 4.78 is 11.0. The number of nitrogens with one attached hydrogen (secondary N) is 1. The van der Waals surface area contributed by atoms with Crippen molar-refractivity contribution in [3.8, 4) is 22.9 Å². The van der Waals surface area contributed by atoms with Crippen LogP contribution < -0.4 is 10.1 Å². The number of allylic oxidation sites excluding steroid dienone is 1. The number of aryl methyl sites for hydroxylation is 1. The van der Waals surface area contributed by atoms with Crippen LogP contribution in [-0.2, 0) is 6.42 Å². The summed E-state index contributed by atoms with van der Waals surface area (Å²) in [5.41, 5.74) is 4.72. The highest BCUT2D eigenvalue weighted by Crippen LogP contribution is 2.39. The largest absolute Gasteiger partial charge is 0.504 e. The number of benzene rings is 2. The first kappa shape index (κ1) is 22.8. The van der Waals surface area contributed by atoms with E-state index < -0.39 is 0 Å². The SMILES string of the molecule is CCCN1C(=S)NC(c2ccc(OC)c(O)c2)C(c2nc(-c3ccc(CC)cc3)no2)=C1C.